The summed E-state index contributed by atoms with van der Waals surface area (Å²) in [5.74, 6) is 4.04. The molecule has 1 aromatic rings. The van der Waals surface area contributed by atoms with Gasteiger partial charge in [0.25, 0.3) is 0 Å². The molecular weight excluding hydrogens is 340 g/mol. The lowest BCUT2D eigenvalue weighted by molar-refractivity contribution is -0.117. The first-order valence-corrected chi connectivity index (χ1v) is 10.6. The molecule has 2 heterocycles. The highest BCUT2D eigenvalue weighted by Gasteiger charge is 2.37. The molecule has 1 unspecified atom stereocenters. The van der Waals surface area contributed by atoms with Crippen molar-refractivity contribution in [3.8, 4) is 5.75 Å². The van der Waals surface area contributed by atoms with Crippen LogP contribution >= 0.6 is 23.5 Å². The molecule has 2 saturated heterocycles. The summed E-state index contributed by atoms with van der Waals surface area (Å²) in [5, 5.41) is 0. The lowest BCUT2D eigenvalue weighted by Crippen LogP contribution is -2.25. The molecule has 1 aromatic carbocycles. The van der Waals surface area contributed by atoms with Crippen LogP contribution in [0.2, 0.25) is 0 Å². The quantitative estimate of drug-likeness (QED) is 0.751. The summed E-state index contributed by atoms with van der Waals surface area (Å²) in [5.41, 5.74) is 2.52. The van der Waals surface area contributed by atoms with Crippen LogP contribution in [0.1, 0.15) is 37.3 Å². The number of hydrogen-bond donors (Lipinski definition) is 0. The molecule has 0 amide bonds. The van der Waals surface area contributed by atoms with E-state index in [4.69, 9.17) is 9.47 Å². The lowest BCUT2D eigenvalue weighted by Gasteiger charge is -2.36. The Morgan fingerprint density at radius 2 is 2.17 bits per heavy atom. The van der Waals surface area contributed by atoms with E-state index in [9.17, 15) is 4.79 Å². The van der Waals surface area contributed by atoms with Crippen LogP contribution in [-0.4, -0.2) is 37.6 Å². The van der Waals surface area contributed by atoms with Gasteiger partial charge in [-0.05, 0) is 66.9 Å². The summed E-state index contributed by atoms with van der Waals surface area (Å²) in [6, 6.07) is 6.52. The van der Waals surface area contributed by atoms with Gasteiger partial charge in [0.2, 0.25) is 0 Å². The molecule has 0 bridgehead atoms. The minimum absolute atomic E-state index is 0.128. The molecule has 2 fully saturated rings. The van der Waals surface area contributed by atoms with Gasteiger partial charge < -0.3 is 9.47 Å². The zero-order valence-electron chi connectivity index (χ0n) is 14.5. The van der Waals surface area contributed by atoms with E-state index >= 15 is 0 Å². The van der Waals surface area contributed by atoms with E-state index in [1.807, 2.05) is 23.5 Å². The molecule has 5 heteroatoms. The van der Waals surface area contributed by atoms with Crippen molar-refractivity contribution in [2.24, 2.45) is 5.92 Å². The Labute approximate surface area is 153 Å². The predicted molar refractivity (Wildman–Crippen MR) is 102 cm³/mol. The van der Waals surface area contributed by atoms with E-state index in [0.717, 1.165) is 43.3 Å². The number of ketones is 1. The third kappa shape index (κ3) is 4.12. The zero-order chi connectivity index (χ0) is 17.0. The first kappa shape index (κ1) is 18.2. The summed E-state index contributed by atoms with van der Waals surface area (Å²) in [7, 11) is 1.74. The molecule has 0 radical (unpaired) electrons. The molecule has 2 aliphatic heterocycles. The Hall–Kier alpha value is -0.650. The average Bonchev–Trinajstić information content (AvgIpc) is 3.08. The molecule has 0 aliphatic carbocycles. The highest BCUT2D eigenvalue weighted by molar-refractivity contribution is 8.18. The van der Waals surface area contributed by atoms with Gasteiger partial charge in [0.1, 0.15) is 11.5 Å². The maximum atomic E-state index is 11.9. The van der Waals surface area contributed by atoms with Gasteiger partial charge in [0.15, 0.2) is 0 Å². The fraction of sp³-hybridized carbons (Fsp3) is 0.632. The Bertz CT molecular complexity index is 576. The average molecular weight is 367 g/mol. The first-order chi connectivity index (χ1) is 11.6. The van der Waals surface area contributed by atoms with Crippen LogP contribution in [0.4, 0.5) is 0 Å². The van der Waals surface area contributed by atoms with E-state index in [1.54, 1.807) is 14.0 Å². The summed E-state index contributed by atoms with van der Waals surface area (Å²) < 4.78 is 11.0. The number of Topliss-reactive ketones (excluding diaryl/α,β-unsaturated/α-hetero) is 1. The molecular formula is C19H26O3S2. The summed E-state index contributed by atoms with van der Waals surface area (Å²) >= 11 is 3.87. The second-order valence-corrected chi connectivity index (χ2v) is 9.69. The first-order valence-electron chi connectivity index (χ1n) is 8.65. The van der Waals surface area contributed by atoms with Gasteiger partial charge in [-0.3, -0.25) is 4.79 Å². The van der Waals surface area contributed by atoms with Crippen LogP contribution in [0.5, 0.6) is 5.75 Å². The van der Waals surface area contributed by atoms with Gasteiger partial charge in [-0.25, -0.2) is 0 Å². The Balaban J connectivity index is 1.91. The summed E-state index contributed by atoms with van der Waals surface area (Å²) in [4.78, 5) is 11.9. The van der Waals surface area contributed by atoms with Crippen molar-refractivity contribution >= 4 is 29.3 Å². The standard InChI is InChI=1S/C19H26O3S2/c1-14(20)12-19(23-8-3-9-24-19)17-4-5-18(21-2)16(11-17)10-15-6-7-22-13-15/h4-5,11,15H,3,6-10,12-13H2,1-2H3. The fourth-order valence-corrected chi connectivity index (χ4v) is 6.95. The molecule has 132 valence electrons. The molecule has 0 N–H and O–H groups in total. The maximum absolute atomic E-state index is 11.9. The van der Waals surface area contributed by atoms with Gasteiger partial charge in [-0.1, -0.05) is 6.07 Å². The van der Waals surface area contributed by atoms with Crippen LogP contribution in [0.15, 0.2) is 18.2 Å². The second kappa shape index (κ2) is 8.15. The molecule has 1 atom stereocenters. The lowest BCUT2D eigenvalue weighted by atomic mass is 9.95. The van der Waals surface area contributed by atoms with Crippen molar-refractivity contribution in [2.75, 3.05) is 31.8 Å². The molecule has 24 heavy (non-hydrogen) atoms. The van der Waals surface area contributed by atoms with Crippen LogP contribution in [-0.2, 0) is 20.0 Å². The van der Waals surface area contributed by atoms with E-state index in [0.29, 0.717) is 12.3 Å². The van der Waals surface area contributed by atoms with Crippen molar-refractivity contribution in [1.82, 2.24) is 0 Å². The monoisotopic (exact) mass is 366 g/mol. The van der Waals surface area contributed by atoms with Gasteiger partial charge in [-0.2, -0.15) is 0 Å². The number of thioether (sulfide) groups is 2. The van der Waals surface area contributed by atoms with Gasteiger partial charge >= 0.3 is 0 Å². The summed E-state index contributed by atoms with van der Waals surface area (Å²) in [6.45, 7) is 3.42. The van der Waals surface area contributed by atoms with Gasteiger partial charge in [-0.15, -0.1) is 23.5 Å². The third-order valence-electron chi connectivity index (χ3n) is 4.69. The topological polar surface area (TPSA) is 35.5 Å². The van der Waals surface area contributed by atoms with E-state index in [-0.39, 0.29) is 9.86 Å². The second-order valence-electron chi connectivity index (χ2n) is 6.64. The minimum atomic E-state index is -0.128. The minimum Gasteiger partial charge on any atom is -0.496 e. The fourth-order valence-electron chi connectivity index (χ4n) is 3.50. The Morgan fingerprint density at radius 1 is 1.38 bits per heavy atom. The largest absolute Gasteiger partial charge is 0.496 e. The Morgan fingerprint density at radius 3 is 2.79 bits per heavy atom. The zero-order valence-corrected chi connectivity index (χ0v) is 16.1. The van der Waals surface area contributed by atoms with Crippen LogP contribution < -0.4 is 4.74 Å². The number of rotatable bonds is 6. The highest BCUT2D eigenvalue weighted by atomic mass is 32.2. The smallest absolute Gasteiger partial charge is 0.132 e. The number of hydrogen-bond acceptors (Lipinski definition) is 5. The third-order valence-corrected chi connectivity index (χ3v) is 8.08. The molecule has 0 aromatic heterocycles. The van der Waals surface area contributed by atoms with E-state index in [2.05, 4.69) is 18.2 Å². The van der Waals surface area contributed by atoms with Crippen LogP contribution in [0, 0.1) is 5.92 Å². The van der Waals surface area contributed by atoms with Crippen molar-refractivity contribution in [1.29, 1.82) is 0 Å². The predicted octanol–water partition coefficient (Wildman–Crippen LogP) is 4.28. The molecule has 3 nitrogen and oxygen atoms in total. The van der Waals surface area contributed by atoms with Gasteiger partial charge in [0, 0.05) is 19.6 Å². The number of benzene rings is 1. The molecule has 0 spiro atoms. The van der Waals surface area contributed by atoms with E-state index in [1.165, 1.54) is 17.5 Å². The normalized spacial score (nSPS) is 23.2. The van der Waals surface area contributed by atoms with Crippen molar-refractivity contribution in [3.05, 3.63) is 29.3 Å². The number of carbonyl (C=O) groups excluding carboxylic acids is 1. The van der Waals surface area contributed by atoms with Crippen molar-refractivity contribution in [3.63, 3.8) is 0 Å². The van der Waals surface area contributed by atoms with E-state index < -0.39 is 0 Å². The molecule has 2 aliphatic rings. The number of ether oxygens (including phenoxy) is 2. The number of methoxy groups -OCH3 is 1. The highest BCUT2D eigenvalue weighted by Crippen LogP contribution is 2.53. The summed E-state index contributed by atoms with van der Waals surface area (Å²) in [6.07, 6.45) is 3.93. The SMILES string of the molecule is COc1ccc(C2(CC(C)=O)SCCCS2)cc1CC1CCOC1. The maximum Gasteiger partial charge on any atom is 0.132 e. The number of carbonyl (C=O) groups is 1. The van der Waals surface area contributed by atoms with Crippen LogP contribution in [0.3, 0.4) is 0 Å². The Kier molecular flexibility index (Phi) is 6.17. The van der Waals surface area contributed by atoms with Crippen molar-refractivity contribution < 1.29 is 14.3 Å². The van der Waals surface area contributed by atoms with Crippen molar-refractivity contribution in [2.45, 2.75) is 36.7 Å². The van der Waals surface area contributed by atoms with Crippen LogP contribution in [0.25, 0.3) is 0 Å². The molecule has 0 saturated carbocycles. The molecule has 3 rings (SSSR count). The van der Waals surface area contributed by atoms with Gasteiger partial charge in [0.05, 0.1) is 11.2 Å².